The van der Waals surface area contributed by atoms with Gasteiger partial charge in [0.05, 0.1) is 0 Å². The molecule has 27 heavy (non-hydrogen) atoms. The number of rotatable bonds is 4. The number of hydrogen-bond acceptors (Lipinski definition) is 4. The third-order valence-electron chi connectivity index (χ3n) is 5.22. The van der Waals surface area contributed by atoms with Gasteiger partial charge in [-0.15, -0.1) is 0 Å². The average molecular weight is 382 g/mol. The van der Waals surface area contributed by atoms with Crippen molar-refractivity contribution >= 4 is 23.9 Å². The third kappa shape index (κ3) is 3.73. The zero-order valence-electron chi connectivity index (χ0n) is 15.5. The van der Waals surface area contributed by atoms with Crippen molar-refractivity contribution in [1.82, 2.24) is 14.9 Å². The van der Waals surface area contributed by atoms with Crippen molar-refractivity contribution in [2.75, 3.05) is 12.3 Å². The van der Waals surface area contributed by atoms with E-state index < -0.39 is 11.6 Å². The lowest BCUT2D eigenvalue weighted by Crippen LogP contribution is -2.47. The summed E-state index contributed by atoms with van der Waals surface area (Å²) < 4.78 is 2.27. The molecule has 2 aromatic rings. The molecule has 0 unspecified atom stereocenters. The number of hydrogen-bond donors (Lipinski definition) is 2. The smallest absolute Gasteiger partial charge is 0.322 e. The highest BCUT2D eigenvalue weighted by atomic mass is 32.2. The fourth-order valence-electron chi connectivity index (χ4n) is 3.46. The van der Waals surface area contributed by atoms with Gasteiger partial charge in [-0.25, -0.2) is 9.10 Å². The van der Waals surface area contributed by atoms with Gasteiger partial charge in [0.25, 0.3) is 5.91 Å². The number of amides is 3. The number of urea groups is 1. The summed E-state index contributed by atoms with van der Waals surface area (Å²) in [6, 6.07) is 14.9. The molecule has 0 bridgehead atoms. The number of aryl methyl sites for hydroxylation is 1. The first kappa shape index (κ1) is 18.1. The highest BCUT2D eigenvalue weighted by molar-refractivity contribution is 7.97. The number of carbonyl (C=O) groups excluding carboxylic acids is 2. The molecule has 2 aliphatic heterocycles. The van der Waals surface area contributed by atoms with Crippen LogP contribution in [0.5, 0.6) is 0 Å². The van der Waals surface area contributed by atoms with Gasteiger partial charge in [-0.05, 0) is 42.5 Å². The summed E-state index contributed by atoms with van der Waals surface area (Å²) in [4.78, 5) is 23.3. The van der Waals surface area contributed by atoms with Crippen LogP contribution < -0.4 is 10.6 Å². The van der Waals surface area contributed by atoms with Crippen molar-refractivity contribution in [2.24, 2.45) is 0 Å². The van der Waals surface area contributed by atoms with Crippen LogP contribution in [0.15, 0.2) is 42.5 Å². The molecule has 2 N–H and O–H groups in total. The molecular formula is C21H23N3O2S. The van der Waals surface area contributed by atoms with E-state index in [0.717, 1.165) is 19.5 Å². The van der Waals surface area contributed by atoms with E-state index in [1.54, 1.807) is 18.9 Å². The van der Waals surface area contributed by atoms with Crippen molar-refractivity contribution in [2.45, 2.75) is 32.4 Å². The average Bonchev–Trinajstić information content (AvgIpc) is 2.92. The van der Waals surface area contributed by atoms with E-state index in [4.69, 9.17) is 0 Å². The van der Waals surface area contributed by atoms with E-state index in [1.165, 1.54) is 27.8 Å². The van der Waals surface area contributed by atoms with Gasteiger partial charge < -0.3 is 5.32 Å². The molecule has 0 aliphatic carbocycles. The van der Waals surface area contributed by atoms with Gasteiger partial charge >= 0.3 is 6.03 Å². The monoisotopic (exact) mass is 381 g/mol. The van der Waals surface area contributed by atoms with Crippen LogP contribution in [0.1, 0.15) is 23.6 Å². The van der Waals surface area contributed by atoms with Crippen LogP contribution in [-0.2, 0) is 17.8 Å². The van der Waals surface area contributed by atoms with Gasteiger partial charge in [0.2, 0.25) is 0 Å². The largest absolute Gasteiger partial charge is 0.323 e. The molecule has 2 aromatic carbocycles. The Labute approximate surface area is 163 Å². The van der Waals surface area contributed by atoms with E-state index >= 15 is 0 Å². The molecule has 0 spiro atoms. The number of nitrogens with one attached hydrogen (secondary N) is 2. The Hall–Kier alpha value is -2.31. The lowest BCUT2D eigenvalue weighted by atomic mass is 9.95. The zero-order chi connectivity index (χ0) is 19.0. The summed E-state index contributed by atoms with van der Waals surface area (Å²) in [5.74, 6) is 0.279. The Bertz CT molecular complexity index is 897. The number of nitrogens with zero attached hydrogens (tertiary/aromatic N) is 1. The van der Waals surface area contributed by atoms with Crippen molar-refractivity contribution in [3.05, 3.63) is 59.2 Å². The molecule has 5 nitrogen and oxygen atoms in total. The third-order valence-corrected chi connectivity index (χ3v) is 6.61. The van der Waals surface area contributed by atoms with Crippen molar-refractivity contribution < 1.29 is 9.59 Å². The molecule has 0 radical (unpaired) electrons. The van der Waals surface area contributed by atoms with E-state index in [-0.39, 0.29) is 5.91 Å². The number of benzene rings is 2. The summed E-state index contributed by atoms with van der Waals surface area (Å²) in [6.07, 6.45) is 0.983. The molecule has 6 heteroatoms. The van der Waals surface area contributed by atoms with Crippen molar-refractivity contribution in [3.8, 4) is 11.1 Å². The summed E-state index contributed by atoms with van der Waals surface area (Å²) in [5, 5.41) is 5.04. The molecular weight excluding hydrogens is 358 g/mol. The molecule has 1 atom stereocenters. The predicted molar refractivity (Wildman–Crippen MR) is 108 cm³/mol. The molecule has 4 rings (SSSR count). The lowest BCUT2D eigenvalue weighted by Gasteiger charge is -2.30. The second kappa shape index (κ2) is 7.02. The minimum Gasteiger partial charge on any atom is -0.323 e. The first-order chi connectivity index (χ1) is 12.9. The second-order valence-corrected chi connectivity index (χ2v) is 8.54. The summed E-state index contributed by atoms with van der Waals surface area (Å²) in [5.41, 5.74) is 5.66. The van der Waals surface area contributed by atoms with Gasteiger partial charge in [0, 0.05) is 18.8 Å². The molecule has 140 valence electrons. The Morgan fingerprint density at radius 2 is 1.81 bits per heavy atom. The first-order valence-corrected chi connectivity index (χ1v) is 10.1. The minimum atomic E-state index is -0.836. The maximum atomic E-state index is 11.9. The van der Waals surface area contributed by atoms with Gasteiger partial charge in [0.15, 0.2) is 0 Å². The Morgan fingerprint density at radius 1 is 1.07 bits per heavy atom. The second-order valence-electron chi connectivity index (χ2n) is 7.48. The number of carbonyl (C=O) groups is 2. The molecule has 0 aromatic heterocycles. The maximum absolute atomic E-state index is 11.9. The first-order valence-electron chi connectivity index (χ1n) is 9.13. The highest BCUT2D eigenvalue weighted by Crippen LogP contribution is 2.30. The SMILES string of the molecule is Cc1ccc(-c2ccc3c(c2)CCN(SC[C@@]2(C)NC(=O)NC2=O)C3)cc1. The van der Waals surface area contributed by atoms with Gasteiger partial charge in [-0.3, -0.25) is 10.1 Å². The molecule has 0 saturated carbocycles. The maximum Gasteiger partial charge on any atom is 0.322 e. The van der Waals surface area contributed by atoms with E-state index in [2.05, 4.69) is 64.3 Å². The van der Waals surface area contributed by atoms with E-state index in [9.17, 15) is 9.59 Å². The fraction of sp³-hybridized carbons (Fsp3) is 0.333. The van der Waals surface area contributed by atoms with Crippen LogP contribution in [0.3, 0.4) is 0 Å². The van der Waals surface area contributed by atoms with Crippen LogP contribution in [0.25, 0.3) is 11.1 Å². The summed E-state index contributed by atoms with van der Waals surface area (Å²) in [6.45, 7) is 5.65. The number of imide groups is 1. The van der Waals surface area contributed by atoms with Crippen molar-refractivity contribution in [3.63, 3.8) is 0 Å². The fourth-order valence-corrected chi connectivity index (χ4v) is 4.56. The van der Waals surface area contributed by atoms with Crippen LogP contribution in [-0.4, -0.2) is 34.1 Å². The lowest BCUT2D eigenvalue weighted by molar-refractivity contribution is -0.122. The molecule has 1 saturated heterocycles. The molecule has 1 fully saturated rings. The summed E-state index contributed by atoms with van der Waals surface area (Å²) in [7, 11) is 0. The minimum absolute atomic E-state index is 0.250. The predicted octanol–water partition coefficient (Wildman–Crippen LogP) is 3.27. The number of fused-ring (bicyclic) bond motifs is 1. The normalized spacial score (nSPS) is 22.3. The topological polar surface area (TPSA) is 61.4 Å². The summed E-state index contributed by atoms with van der Waals surface area (Å²) >= 11 is 1.62. The van der Waals surface area contributed by atoms with Gasteiger partial charge in [-0.1, -0.05) is 60.0 Å². The van der Waals surface area contributed by atoms with Gasteiger partial charge in [0.1, 0.15) is 5.54 Å². The molecule has 2 heterocycles. The van der Waals surface area contributed by atoms with E-state index in [1.807, 2.05) is 0 Å². The Balaban J connectivity index is 1.42. The van der Waals surface area contributed by atoms with Gasteiger partial charge in [-0.2, -0.15) is 0 Å². The van der Waals surface area contributed by atoms with Crippen LogP contribution in [0.2, 0.25) is 0 Å². The Kier molecular flexibility index (Phi) is 4.70. The highest BCUT2D eigenvalue weighted by Gasteiger charge is 2.42. The van der Waals surface area contributed by atoms with E-state index in [0.29, 0.717) is 5.75 Å². The van der Waals surface area contributed by atoms with Crippen LogP contribution in [0, 0.1) is 6.92 Å². The quantitative estimate of drug-likeness (QED) is 0.630. The molecule has 2 aliphatic rings. The van der Waals surface area contributed by atoms with Crippen LogP contribution >= 0.6 is 11.9 Å². The zero-order valence-corrected chi connectivity index (χ0v) is 16.4. The Morgan fingerprint density at radius 3 is 2.52 bits per heavy atom. The van der Waals surface area contributed by atoms with Crippen LogP contribution in [0.4, 0.5) is 4.79 Å². The van der Waals surface area contributed by atoms with Crippen molar-refractivity contribution in [1.29, 1.82) is 0 Å². The molecule has 3 amide bonds. The standard InChI is InChI=1S/C21H23N3O2S/c1-14-3-5-15(6-4-14)16-7-8-18-12-24(10-9-17(18)11-16)27-13-21(2)19(25)22-20(26)23-21/h3-8,11H,9-10,12-13H2,1-2H3,(H2,22,23,25,26)/t21-/m1/s1.